The van der Waals surface area contributed by atoms with Crippen molar-refractivity contribution in [2.45, 2.75) is 59.8 Å². The topological polar surface area (TPSA) is 122 Å². The van der Waals surface area contributed by atoms with Crippen molar-refractivity contribution in [1.82, 2.24) is 9.98 Å². The van der Waals surface area contributed by atoms with Crippen molar-refractivity contribution in [2.75, 3.05) is 6.61 Å². The van der Waals surface area contributed by atoms with E-state index in [2.05, 4.69) is 16.7 Å². The van der Waals surface area contributed by atoms with Crippen molar-refractivity contribution in [3.63, 3.8) is 0 Å². The summed E-state index contributed by atoms with van der Waals surface area (Å²) < 4.78 is 18.1. The van der Waals surface area contributed by atoms with Crippen LogP contribution in [0.3, 0.4) is 0 Å². The van der Waals surface area contributed by atoms with Gasteiger partial charge in [-0.3, -0.25) is 9.59 Å². The Balaban J connectivity index is 4.74. The lowest BCUT2D eigenvalue weighted by molar-refractivity contribution is -0.174. The molecule has 0 aliphatic carbocycles. The maximum atomic E-state index is 11.9. The number of nitrogens with one attached hydrogen (secondary N) is 1. The average molecular weight is 371 g/mol. The molecule has 1 N–H and O–H groups in total. The van der Waals surface area contributed by atoms with E-state index in [1.54, 1.807) is 27.7 Å². The zero-order chi connectivity index (χ0) is 20.3. The fourth-order valence-electron chi connectivity index (χ4n) is 1.62. The first-order valence-electron chi connectivity index (χ1n) is 8.18. The van der Waals surface area contributed by atoms with Gasteiger partial charge in [0.05, 0.1) is 12.0 Å². The summed E-state index contributed by atoms with van der Waals surface area (Å²) in [6.07, 6.45) is -1.15. The van der Waals surface area contributed by atoms with Gasteiger partial charge >= 0.3 is 24.2 Å². The molecule has 9 nitrogen and oxygen atoms in total. The van der Waals surface area contributed by atoms with Crippen molar-refractivity contribution in [3.8, 4) is 0 Å². The van der Waals surface area contributed by atoms with Crippen LogP contribution in [0, 0.1) is 5.41 Å². The monoisotopic (exact) mass is 371 g/mol. The Kier molecular flexibility index (Phi) is 9.91. The molecule has 0 heterocycles. The molecule has 0 aromatic rings. The third-order valence-corrected chi connectivity index (χ3v) is 2.94. The first kappa shape index (κ1) is 23.3. The molecule has 0 rings (SSSR count). The molecule has 0 aliphatic heterocycles. The fourth-order valence-corrected chi connectivity index (χ4v) is 1.62. The number of amides is 1. The summed E-state index contributed by atoms with van der Waals surface area (Å²) in [6, 6.07) is -1.09. The standard InChI is InChI=1S/C17H26N2O7/c1-7-24-14(21)13(9-8-12(20)10-18-6)19-16(23)26-11(2)25-15(22)17(3,4)5/h10-11,13H,6-9H2,1-5H3/p+1. The second-order valence-electron chi connectivity index (χ2n) is 6.39. The number of hydrogen-bond acceptors (Lipinski definition) is 7. The zero-order valence-electron chi connectivity index (χ0n) is 15.9. The van der Waals surface area contributed by atoms with E-state index in [4.69, 9.17) is 14.2 Å². The number of alkyl carbamates (subject to hydrolysis) is 1. The molecule has 0 spiro atoms. The fraction of sp³-hybridized carbons (Fsp3) is 0.647. The highest BCUT2D eigenvalue weighted by atomic mass is 16.7. The maximum Gasteiger partial charge on any atom is 0.410 e. The van der Waals surface area contributed by atoms with Crippen LogP contribution in [0.25, 0.3) is 0 Å². The lowest BCUT2D eigenvalue weighted by Crippen LogP contribution is -2.44. The molecule has 26 heavy (non-hydrogen) atoms. The van der Waals surface area contributed by atoms with Crippen molar-refractivity contribution in [1.29, 1.82) is 0 Å². The van der Waals surface area contributed by atoms with Crippen LogP contribution in [0.15, 0.2) is 0 Å². The molecule has 146 valence electrons. The van der Waals surface area contributed by atoms with Crippen molar-refractivity contribution in [2.24, 2.45) is 5.41 Å². The van der Waals surface area contributed by atoms with Crippen LogP contribution in [0.1, 0.15) is 47.5 Å². The van der Waals surface area contributed by atoms with Gasteiger partial charge < -0.3 is 19.5 Å². The number of carbonyl (C=O) groups excluding carboxylic acids is 4. The maximum absolute atomic E-state index is 11.9. The Morgan fingerprint density at radius 2 is 1.81 bits per heavy atom. The van der Waals surface area contributed by atoms with Crippen LogP contribution >= 0.6 is 0 Å². The molecular weight excluding hydrogens is 344 g/mol. The van der Waals surface area contributed by atoms with Gasteiger partial charge in [-0.05, 0) is 34.1 Å². The number of Topliss-reactive ketones (excluding diaryl/α,β-unsaturated/α-hetero) is 1. The number of esters is 2. The summed E-state index contributed by atoms with van der Waals surface area (Å²) in [5.41, 5.74) is -0.752. The lowest BCUT2D eigenvalue weighted by atomic mass is 9.97. The van der Waals surface area contributed by atoms with Gasteiger partial charge in [-0.1, -0.05) is 0 Å². The van der Waals surface area contributed by atoms with Crippen LogP contribution in [0.4, 0.5) is 4.79 Å². The Bertz CT molecular complexity index is 574. The second-order valence-corrected chi connectivity index (χ2v) is 6.39. The summed E-state index contributed by atoms with van der Waals surface area (Å²) in [4.78, 5) is 47.0. The Hall–Kier alpha value is -2.67. The molecule has 0 radical (unpaired) electrons. The molecular formula is C17H27N2O7+. The third-order valence-electron chi connectivity index (χ3n) is 2.94. The minimum Gasteiger partial charge on any atom is -0.464 e. The molecule has 0 aromatic heterocycles. The Morgan fingerprint density at radius 3 is 2.31 bits per heavy atom. The zero-order valence-corrected chi connectivity index (χ0v) is 15.9. The summed E-state index contributed by atoms with van der Waals surface area (Å²) in [6.45, 7) is 11.2. The predicted octanol–water partition coefficient (Wildman–Crippen LogP) is 0.768. The predicted molar refractivity (Wildman–Crippen MR) is 94.6 cm³/mol. The van der Waals surface area contributed by atoms with E-state index in [0.29, 0.717) is 0 Å². The summed E-state index contributed by atoms with van der Waals surface area (Å²) in [5.74, 6) is -1.60. The summed E-state index contributed by atoms with van der Waals surface area (Å²) >= 11 is 0. The van der Waals surface area contributed by atoms with Crippen molar-refractivity contribution >= 4 is 36.7 Å². The van der Waals surface area contributed by atoms with E-state index in [0.717, 1.165) is 6.21 Å². The van der Waals surface area contributed by atoms with Gasteiger partial charge in [0.15, 0.2) is 0 Å². The van der Waals surface area contributed by atoms with Gasteiger partial charge in [-0.25, -0.2) is 9.59 Å². The van der Waals surface area contributed by atoms with Crippen molar-refractivity contribution in [3.05, 3.63) is 0 Å². The minimum atomic E-state index is -1.15. The van der Waals surface area contributed by atoms with Crippen LogP contribution in [-0.4, -0.2) is 55.7 Å². The van der Waals surface area contributed by atoms with E-state index in [-0.39, 0.29) is 25.2 Å². The lowest BCUT2D eigenvalue weighted by Gasteiger charge is -2.22. The van der Waals surface area contributed by atoms with Gasteiger partial charge in [0.25, 0.3) is 6.72 Å². The second kappa shape index (κ2) is 11.0. The SMILES string of the molecule is C=[N+]=CC(=O)CCC(NC(=O)OC(C)OC(=O)C(C)(C)C)C(=O)OCC. The van der Waals surface area contributed by atoms with Gasteiger partial charge in [-0.2, -0.15) is 0 Å². The number of ketones is 1. The van der Waals surface area contributed by atoms with E-state index in [1.165, 1.54) is 6.92 Å². The molecule has 9 heteroatoms. The largest absolute Gasteiger partial charge is 0.464 e. The molecule has 1 amide bonds. The molecule has 2 unspecified atom stereocenters. The number of ether oxygens (including phenoxy) is 3. The van der Waals surface area contributed by atoms with Crippen LogP contribution in [0.2, 0.25) is 0 Å². The number of carbonyl (C=O) groups is 4. The van der Waals surface area contributed by atoms with Gasteiger partial charge in [-0.15, -0.1) is 4.67 Å². The van der Waals surface area contributed by atoms with Gasteiger partial charge in [0.1, 0.15) is 6.04 Å². The van der Waals surface area contributed by atoms with Crippen LogP contribution in [-0.2, 0) is 28.6 Å². The summed E-state index contributed by atoms with van der Waals surface area (Å²) in [5, 5.41) is 2.30. The minimum absolute atomic E-state index is 0.00501. The highest BCUT2D eigenvalue weighted by Crippen LogP contribution is 2.16. The molecule has 0 aliphatic rings. The molecule has 0 fully saturated rings. The summed E-state index contributed by atoms with van der Waals surface area (Å²) in [7, 11) is 0. The van der Waals surface area contributed by atoms with Crippen LogP contribution in [0.5, 0.6) is 0 Å². The van der Waals surface area contributed by atoms with Crippen molar-refractivity contribution < 1.29 is 33.4 Å². The molecule has 0 saturated carbocycles. The first-order chi connectivity index (χ1) is 12.0. The third kappa shape index (κ3) is 9.58. The van der Waals surface area contributed by atoms with E-state index in [1.807, 2.05) is 0 Å². The van der Waals surface area contributed by atoms with Gasteiger partial charge in [0, 0.05) is 13.3 Å². The normalized spacial score (nSPS) is 12.8. The Labute approximate surface area is 152 Å². The van der Waals surface area contributed by atoms with Crippen LogP contribution < -0.4 is 9.98 Å². The molecule has 2 atom stereocenters. The Morgan fingerprint density at radius 1 is 1.19 bits per heavy atom. The van der Waals surface area contributed by atoms with E-state index < -0.39 is 35.8 Å². The van der Waals surface area contributed by atoms with E-state index in [9.17, 15) is 19.2 Å². The first-order valence-corrected chi connectivity index (χ1v) is 8.18. The number of nitrogens with zero attached hydrogens (tertiary/aromatic N) is 1. The molecule has 0 aromatic carbocycles. The highest BCUT2D eigenvalue weighted by molar-refractivity contribution is 6.27. The van der Waals surface area contributed by atoms with Gasteiger partial charge in [0.2, 0.25) is 12.1 Å². The molecule has 0 bridgehead atoms. The smallest absolute Gasteiger partial charge is 0.410 e. The van der Waals surface area contributed by atoms with E-state index >= 15 is 0 Å². The average Bonchev–Trinajstić information content (AvgIpc) is 2.50. The molecule has 0 saturated heterocycles. The quantitative estimate of drug-likeness (QED) is 0.275. The highest BCUT2D eigenvalue weighted by Gasteiger charge is 2.28. The number of rotatable bonds is 9. The number of hydrogen-bond donors (Lipinski definition) is 1.